The number of ether oxygens (including phenoxy) is 1. The molecule has 0 aliphatic heterocycles. The van der Waals surface area contributed by atoms with Gasteiger partial charge in [0.1, 0.15) is 0 Å². The second-order valence-corrected chi connectivity index (χ2v) is 8.24. The van der Waals surface area contributed by atoms with Crippen LogP contribution in [0.4, 0.5) is 0 Å². The molecule has 3 aromatic rings. The predicted octanol–water partition coefficient (Wildman–Crippen LogP) is 1.96. The molecule has 0 aliphatic rings. The smallest absolute Gasteiger partial charge is 0.240 e. The maximum atomic E-state index is 12.7. The van der Waals surface area contributed by atoms with Crippen molar-refractivity contribution in [1.29, 1.82) is 0 Å². The number of nitrogens with one attached hydrogen (secondary N) is 3. The molecular weight excluding hydrogens is 390 g/mol. The number of benzene rings is 2. The lowest BCUT2D eigenvalue weighted by Gasteiger charge is -2.11. The molecule has 0 radical (unpaired) electrons. The highest BCUT2D eigenvalue weighted by Gasteiger charge is 2.18. The summed E-state index contributed by atoms with van der Waals surface area (Å²) in [6.07, 6.45) is 0. The van der Waals surface area contributed by atoms with Crippen LogP contribution in [-0.2, 0) is 14.8 Å². The molecule has 2 aromatic carbocycles. The minimum Gasteiger partial charge on any atom is -0.383 e. The summed E-state index contributed by atoms with van der Waals surface area (Å²) in [6.45, 7) is 3.82. The van der Waals surface area contributed by atoms with Crippen molar-refractivity contribution in [2.24, 2.45) is 0 Å². The molecule has 0 spiro atoms. The largest absolute Gasteiger partial charge is 0.383 e. The third kappa shape index (κ3) is 5.48. The first-order chi connectivity index (χ1) is 14.0. The lowest BCUT2D eigenvalue weighted by Crippen LogP contribution is -2.33. The van der Waals surface area contributed by atoms with Gasteiger partial charge in [0.15, 0.2) is 11.6 Å². The van der Waals surface area contributed by atoms with Crippen LogP contribution in [0.1, 0.15) is 5.56 Å². The molecule has 0 aliphatic carbocycles. The zero-order valence-corrected chi connectivity index (χ0v) is 17.3. The molecule has 0 unspecified atom stereocenters. The Hall–Kier alpha value is -2.59. The topological polar surface area (TPSA) is 109 Å². The summed E-state index contributed by atoms with van der Waals surface area (Å²) < 4.78 is 33.1. The number of nitrogens with zero attached hydrogens (tertiary/aromatic N) is 2. The average Bonchev–Trinajstić information content (AvgIpc) is 3.22. The van der Waals surface area contributed by atoms with Gasteiger partial charge in [-0.15, -0.1) is 10.2 Å². The maximum absolute atomic E-state index is 12.7. The first kappa shape index (κ1) is 21.1. The molecular formula is C20H25N5O3S. The van der Waals surface area contributed by atoms with E-state index >= 15 is 0 Å². The fourth-order valence-corrected chi connectivity index (χ4v) is 4.11. The van der Waals surface area contributed by atoms with E-state index in [4.69, 9.17) is 4.74 Å². The van der Waals surface area contributed by atoms with Crippen molar-refractivity contribution in [3.05, 3.63) is 54.1 Å². The van der Waals surface area contributed by atoms with E-state index in [2.05, 4.69) is 25.2 Å². The van der Waals surface area contributed by atoms with Crippen molar-refractivity contribution in [1.82, 2.24) is 25.2 Å². The molecule has 3 N–H and O–H groups in total. The number of aromatic amines is 1. The molecule has 0 bridgehead atoms. The van der Waals surface area contributed by atoms with Crippen LogP contribution in [0.15, 0.2) is 53.4 Å². The van der Waals surface area contributed by atoms with Crippen LogP contribution in [0.25, 0.3) is 22.8 Å². The number of aryl methyl sites for hydroxylation is 1. The van der Waals surface area contributed by atoms with Gasteiger partial charge in [-0.3, -0.25) is 0 Å². The molecule has 0 saturated heterocycles. The second-order valence-electron chi connectivity index (χ2n) is 6.51. The van der Waals surface area contributed by atoms with Crippen molar-refractivity contribution in [2.45, 2.75) is 11.8 Å². The minimum absolute atomic E-state index is 0.226. The molecule has 0 saturated carbocycles. The number of aromatic nitrogens is 3. The zero-order chi connectivity index (χ0) is 20.7. The first-order valence-electron chi connectivity index (χ1n) is 9.30. The molecule has 1 aromatic heterocycles. The Morgan fingerprint density at radius 1 is 0.966 bits per heavy atom. The van der Waals surface area contributed by atoms with E-state index in [9.17, 15) is 8.42 Å². The summed E-state index contributed by atoms with van der Waals surface area (Å²) in [7, 11) is -2.02. The van der Waals surface area contributed by atoms with Gasteiger partial charge in [0.05, 0.1) is 11.5 Å². The van der Waals surface area contributed by atoms with Crippen molar-refractivity contribution in [3.8, 4) is 22.8 Å². The first-order valence-corrected chi connectivity index (χ1v) is 10.8. The molecule has 0 fully saturated rings. The average molecular weight is 416 g/mol. The maximum Gasteiger partial charge on any atom is 0.240 e. The Balaban J connectivity index is 1.75. The fraction of sp³-hybridized carbons (Fsp3) is 0.300. The standard InChI is InChI=1S/C20H25N5O3S/c1-15-8-9-17(20-23-19(24-25-20)16-6-4-3-5-7-16)14-18(15)29(26,27)22-11-10-21-12-13-28-2/h3-9,14,21-22H,10-13H2,1-2H3,(H,23,24,25). The number of hydrogen-bond acceptors (Lipinski definition) is 6. The zero-order valence-electron chi connectivity index (χ0n) is 16.5. The van der Waals surface area contributed by atoms with Crippen LogP contribution in [-0.4, -0.2) is 57.0 Å². The summed E-state index contributed by atoms with van der Waals surface area (Å²) >= 11 is 0. The van der Waals surface area contributed by atoms with Crippen molar-refractivity contribution in [3.63, 3.8) is 0 Å². The molecule has 0 atom stereocenters. The molecule has 29 heavy (non-hydrogen) atoms. The molecule has 8 nitrogen and oxygen atoms in total. The lowest BCUT2D eigenvalue weighted by atomic mass is 10.1. The van der Waals surface area contributed by atoms with Gasteiger partial charge in [0.25, 0.3) is 0 Å². The summed E-state index contributed by atoms with van der Waals surface area (Å²) in [6, 6.07) is 14.8. The van der Waals surface area contributed by atoms with Gasteiger partial charge in [-0.1, -0.05) is 42.5 Å². The molecule has 1 heterocycles. The Morgan fingerprint density at radius 3 is 2.41 bits per heavy atom. The van der Waals surface area contributed by atoms with E-state index < -0.39 is 10.0 Å². The Labute approximate surface area is 170 Å². The number of sulfonamides is 1. The molecule has 9 heteroatoms. The van der Waals surface area contributed by atoms with Gasteiger partial charge < -0.3 is 15.0 Å². The van der Waals surface area contributed by atoms with Crippen molar-refractivity contribution in [2.75, 3.05) is 33.4 Å². The second kappa shape index (κ2) is 9.75. The summed E-state index contributed by atoms with van der Waals surface area (Å²) in [5.41, 5.74) is 2.23. The van der Waals surface area contributed by atoms with Crippen LogP contribution in [0.5, 0.6) is 0 Å². The van der Waals surface area contributed by atoms with E-state index in [1.165, 1.54) is 0 Å². The fourth-order valence-electron chi connectivity index (χ4n) is 2.81. The van der Waals surface area contributed by atoms with Crippen LogP contribution in [0.3, 0.4) is 0 Å². The normalized spacial score (nSPS) is 11.7. The van der Waals surface area contributed by atoms with Crippen LogP contribution < -0.4 is 10.0 Å². The van der Waals surface area contributed by atoms with Crippen molar-refractivity contribution >= 4 is 10.0 Å². The number of hydrogen-bond donors (Lipinski definition) is 3. The van der Waals surface area contributed by atoms with Gasteiger partial charge in [-0.25, -0.2) is 13.1 Å². The quantitative estimate of drug-likeness (QED) is 0.437. The highest BCUT2D eigenvalue weighted by molar-refractivity contribution is 7.89. The highest BCUT2D eigenvalue weighted by atomic mass is 32.2. The number of methoxy groups -OCH3 is 1. The van der Waals surface area contributed by atoms with Crippen LogP contribution in [0.2, 0.25) is 0 Å². The van der Waals surface area contributed by atoms with E-state index in [0.717, 1.165) is 5.56 Å². The third-order valence-electron chi connectivity index (χ3n) is 4.36. The summed E-state index contributed by atoms with van der Waals surface area (Å²) in [4.78, 5) is 3.38. The van der Waals surface area contributed by atoms with Crippen LogP contribution in [0, 0.1) is 6.92 Å². The Bertz CT molecular complexity index is 1040. The summed E-state index contributed by atoms with van der Waals surface area (Å²) in [5.74, 6) is 1.15. The minimum atomic E-state index is -3.64. The van der Waals surface area contributed by atoms with Gasteiger partial charge in [0, 0.05) is 37.9 Å². The third-order valence-corrected chi connectivity index (χ3v) is 5.96. The SMILES string of the molecule is COCCNCCNS(=O)(=O)c1cc(-c2nnc(-c3ccccc3)[nH]2)ccc1C. The Kier molecular flexibility index (Phi) is 7.10. The van der Waals surface area contributed by atoms with Crippen molar-refractivity contribution < 1.29 is 13.2 Å². The highest BCUT2D eigenvalue weighted by Crippen LogP contribution is 2.24. The number of H-pyrrole nitrogens is 1. The molecule has 154 valence electrons. The Morgan fingerprint density at radius 2 is 1.69 bits per heavy atom. The van der Waals surface area contributed by atoms with Gasteiger partial charge in [-0.2, -0.15) is 0 Å². The lowest BCUT2D eigenvalue weighted by molar-refractivity contribution is 0.199. The van der Waals surface area contributed by atoms with E-state index in [1.807, 2.05) is 36.4 Å². The van der Waals surface area contributed by atoms with E-state index in [0.29, 0.717) is 42.5 Å². The van der Waals surface area contributed by atoms with Gasteiger partial charge in [0.2, 0.25) is 10.0 Å². The number of rotatable bonds is 10. The van der Waals surface area contributed by atoms with Gasteiger partial charge in [-0.05, 0) is 18.6 Å². The molecule has 0 amide bonds. The van der Waals surface area contributed by atoms with Crippen LogP contribution >= 0.6 is 0 Å². The monoisotopic (exact) mass is 415 g/mol. The van der Waals surface area contributed by atoms with E-state index in [1.54, 1.807) is 26.2 Å². The van der Waals surface area contributed by atoms with Gasteiger partial charge >= 0.3 is 0 Å². The summed E-state index contributed by atoms with van der Waals surface area (Å²) in [5, 5.41) is 11.5. The predicted molar refractivity (Wildman–Crippen MR) is 112 cm³/mol. The van der Waals surface area contributed by atoms with E-state index in [-0.39, 0.29) is 11.4 Å². The molecule has 3 rings (SSSR count).